The van der Waals surface area contributed by atoms with E-state index in [0.717, 1.165) is 6.42 Å². The van der Waals surface area contributed by atoms with Gasteiger partial charge in [0.25, 0.3) is 0 Å². The van der Waals surface area contributed by atoms with Crippen molar-refractivity contribution in [1.82, 2.24) is 5.32 Å². The average Bonchev–Trinajstić information content (AvgIpc) is 2.51. The molecule has 0 unspecified atom stereocenters. The number of amides is 1. The van der Waals surface area contributed by atoms with E-state index in [4.69, 9.17) is 4.74 Å². The summed E-state index contributed by atoms with van der Waals surface area (Å²) in [5.74, 6) is 0.747. The van der Waals surface area contributed by atoms with Crippen LogP contribution in [0.1, 0.15) is 40.5 Å². The molecule has 1 saturated carbocycles. The molecule has 1 aliphatic rings. The van der Waals surface area contributed by atoms with Gasteiger partial charge in [0, 0.05) is 12.3 Å². The summed E-state index contributed by atoms with van der Waals surface area (Å²) in [6, 6.07) is 5.80. The number of rotatable bonds is 7. The SMILES string of the molecule is CC(=O)[C@@H]1C[C@H](CC(=O)NC[C@H](C)Oc2ccc(F)cc2)C1(C)C. The molecule has 24 heavy (non-hydrogen) atoms. The molecule has 0 radical (unpaired) electrons. The van der Waals surface area contributed by atoms with E-state index in [9.17, 15) is 14.0 Å². The Hall–Kier alpha value is -1.91. The van der Waals surface area contributed by atoms with E-state index < -0.39 is 0 Å². The van der Waals surface area contributed by atoms with E-state index in [0.29, 0.717) is 18.7 Å². The predicted molar refractivity (Wildman–Crippen MR) is 90.2 cm³/mol. The zero-order chi connectivity index (χ0) is 17.9. The molecule has 5 heteroatoms. The number of hydrogen-bond acceptors (Lipinski definition) is 3. The van der Waals surface area contributed by atoms with Crippen LogP contribution in [-0.4, -0.2) is 24.3 Å². The first-order valence-corrected chi connectivity index (χ1v) is 8.39. The molecule has 1 aromatic rings. The number of Topliss-reactive ketones (excluding diaryl/α,β-unsaturated/α-hetero) is 1. The third kappa shape index (κ3) is 4.34. The largest absolute Gasteiger partial charge is 0.489 e. The summed E-state index contributed by atoms with van der Waals surface area (Å²) in [4.78, 5) is 23.7. The highest BCUT2D eigenvalue weighted by Gasteiger charge is 2.50. The second-order valence-corrected chi connectivity index (χ2v) is 7.31. The smallest absolute Gasteiger partial charge is 0.220 e. The van der Waals surface area contributed by atoms with Gasteiger partial charge in [0.1, 0.15) is 23.5 Å². The third-order valence-electron chi connectivity index (χ3n) is 5.13. The highest BCUT2D eigenvalue weighted by molar-refractivity contribution is 5.81. The number of carbonyl (C=O) groups excluding carboxylic acids is 2. The fraction of sp³-hybridized carbons (Fsp3) is 0.579. The lowest BCUT2D eigenvalue weighted by atomic mass is 9.52. The second-order valence-electron chi connectivity index (χ2n) is 7.31. The van der Waals surface area contributed by atoms with Crippen LogP contribution in [0.15, 0.2) is 24.3 Å². The van der Waals surface area contributed by atoms with Crippen molar-refractivity contribution in [3.8, 4) is 5.75 Å². The summed E-state index contributed by atoms with van der Waals surface area (Å²) in [7, 11) is 0. The Labute approximate surface area is 142 Å². The monoisotopic (exact) mass is 335 g/mol. The lowest BCUT2D eigenvalue weighted by molar-refractivity contribution is -0.141. The fourth-order valence-corrected chi connectivity index (χ4v) is 3.39. The molecule has 4 nitrogen and oxygen atoms in total. The van der Waals surface area contributed by atoms with Crippen molar-refractivity contribution in [3.63, 3.8) is 0 Å². The van der Waals surface area contributed by atoms with Gasteiger partial charge in [-0.1, -0.05) is 13.8 Å². The lowest BCUT2D eigenvalue weighted by Gasteiger charge is -2.51. The van der Waals surface area contributed by atoms with Crippen molar-refractivity contribution in [2.24, 2.45) is 17.3 Å². The first-order chi connectivity index (χ1) is 11.2. The molecule has 0 spiro atoms. The molecule has 1 amide bonds. The number of carbonyl (C=O) groups is 2. The summed E-state index contributed by atoms with van der Waals surface area (Å²) in [5, 5.41) is 2.87. The standard InChI is InChI=1S/C19H26FNO3/c1-12(24-16-7-5-15(20)6-8-16)11-21-18(23)10-14-9-17(13(2)22)19(14,3)4/h5-8,12,14,17H,9-11H2,1-4H3,(H,21,23)/t12-,14+,17-/m0/s1. The summed E-state index contributed by atoms with van der Waals surface area (Å²) >= 11 is 0. The molecular weight excluding hydrogens is 309 g/mol. The Kier molecular flexibility index (Phi) is 5.62. The first kappa shape index (κ1) is 18.4. The molecule has 1 aromatic carbocycles. The number of ether oxygens (including phenoxy) is 1. The summed E-state index contributed by atoms with van der Waals surface area (Å²) in [6.45, 7) is 7.97. The molecule has 1 N–H and O–H groups in total. The maximum Gasteiger partial charge on any atom is 0.220 e. The van der Waals surface area contributed by atoms with E-state index >= 15 is 0 Å². The van der Waals surface area contributed by atoms with Crippen LogP contribution in [-0.2, 0) is 9.59 Å². The lowest BCUT2D eigenvalue weighted by Crippen LogP contribution is -2.50. The van der Waals surface area contributed by atoms with Crippen molar-refractivity contribution < 1.29 is 18.7 Å². The van der Waals surface area contributed by atoms with Gasteiger partial charge >= 0.3 is 0 Å². The highest BCUT2D eigenvalue weighted by Crippen LogP contribution is 2.53. The maximum atomic E-state index is 12.8. The van der Waals surface area contributed by atoms with Crippen LogP contribution in [0.4, 0.5) is 4.39 Å². The van der Waals surface area contributed by atoms with Gasteiger partial charge in [0.15, 0.2) is 0 Å². The minimum atomic E-state index is -0.310. The zero-order valence-corrected chi connectivity index (χ0v) is 14.8. The van der Waals surface area contributed by atoms with Gasteiger partial charge in [-0.15, -0.1) is 0 Å². The van der Waals surface area contributed by atoms with Gasteiger partial charge in [-0.3, -0.25) is 9.59 Å². The molecule has 0 aliphatic heterocycles. The summed E-state index contributed by atoms with van der Waals surface area (Å²) in [5.41, 5.74) is -0.112. The fourth-order valence-electron chi connectivity index (χ4n) is 3.39. The zero-order valence-electron chi connectivity index (χ0n) is 14.8. The topological polar surface area (TPSA) is 55.4 Å². The van der Waals surface area contributed by atoms with Crippen molar-refractivity contribution in [2.75, 3.05) is 6.54 Å². The molecule has 2 rings (SSSR count). The molecular formula is C19H26FNO3. The van der Waals surface area contributed by atoms with E-state index in [1.807, 2.05) is 6.92 Å². The Bertz CT molecular complexity index is 597. The average molecular weight is 335 g/mol. The van der Waals surface area contributed by atoms with Gasteiger partial charge in [-0.05, 0) is 55.9 Å². The summed E-state index contributed by atoms with van der Waals surface area (Å²) in [6.07, 6.45) is 1.01. The van der Waals surface area contributed by atoms with Gasteiger partial charge < -0.3 is 10.1 Å². The molecule has 0 heterocycles. The minimum Gasteiger partial charge on any atom is -0.489 e. The van der Waals surface area contributed by atoms with E-state index in [1.165, 1.54) is 12.1 Å². The quantitative estimate of drug-likeness (QED) is 0.831. The van der Waals surface area contributed by atoms with Crippen LogP contribution in [0.3, 0.4) is 0 Å². The number of ketones is 1. The summed E-state index contributed by atoms with van der Waals surface area (Å²) < 4.78 is 18.5. The van der Waals surface area contributed by atoms with E-state index in [-0.39, 0.29) is 40.9 Å². The number of benzene rings is 1. The minimum absolute atomic E-state index is 0.0235. The number of nitrogens with one attached hydrogen (secondary N) is 1. The predicted octanol–water partition coefficient (Wildman–Crippen LogP) is 3.35. The Morgan fingerprint density at radius 3 is 2.50 bits per heavy atom. The van der Waals surface area contributed by atoms with Gasteiger partial charge in [0.2, 0.25) is 5.91 Å². The molecule has 0 saturated heterocycles. The van der Waals surface area contributed by atoms with Gasteiger partial charge in [-0.25, -0.2) is 4.39 Å². The second kappa shape index (κ2) is 7.32. The van der Waals surface area contributed by atoms with E-state index in [2.05, 4.69) is 19.2 Å². The molecule has 1 aliphatic carbocycles. The Morgan fingerprint density at radius 2 is 1.96 bits per heavy atom. The van der Waals surface area contributed by atoms with Gasteiger partial charge in [0.05, 0.1) is 6.54 Å². The Balaban J connectivity index is 1.73. The maximum absolute atomic E-state index is 12.8. The normalized spacial score (nSPS) is 23.0. The van der Waals surface area contributed by atoms with Crippen LogP contribution < -0.4 is 10.1 Å². The van der Waals surface area contributed by atoms with Crippen LogP contribution in [0.25, 0.3) is 0 Å². The third-order valence-corrected chi connectivity index (χ3v) is 5.13. The first-order valence-electron chi connectivity index (χ1n) is 8.39. The van der Waals surface area contributed by atoms with E-state index in [1.54, 1.807) is 19.1 Å². The van der Waals surface area contributed by atoms with Crippen LogP contribution in [0, 0.1) is 23.1 Å². The van der Waals surface area contributed by atoms with Gasteiger partial charge in [-0.2, -0.15) is 0 Å². The molecule has 3 atom stereocenters. The number of halogens is 1. The number of hydrogen-bond donors (Lipinski definition) is 1. The van der Waals surface area contributed by atoms with Crippen LogP contribution in [0.5, 0.6) is 5.75 Å². The Morgan fingerprint density at radius 1 is 1.33 bits per heavy atom. The van der Waals surface area contributed by atoms with Crippen molar-refractivity contribution in [1.29, 1.82) is 0 Å². The molecule has 0 aromatic heterocycles. The van der Waals surface area contributed by atoms with Crippen LogP contribution in [0.2, 0.25) is 0 Å². The van der Waals surface area contributed by atoms with Crippen molar-refractivity contribution in [3.05, 3.63) is 30.1 Å². The van der Waals surface area contributed by atoms with Crippen molar-refractivity contribution >= 4 is 11.7 Å². The molecule has 0 bridgehead atoms. The molecule has 132 valence electrons. The molecule has 1 fully saturated rings. The van der Waals surface area contributed by atoms with Crippen molar-refractivity contribution in [2.45, 2.75) is 46.6 Å². The highest BCUT2D eigenvalue weighted by atomic mass is 19.1. The van der Waals surface area contributed by atoms with Crippen LogP contribution >= 0.6 is 0 Å².